The first-order valence-corrected chi connectivity index (χ1v) is 9.92. The number of hydrogen-bond donors (Lipinski definition) is 1. The molecule has 1 aromatic carbocycles. The number of carbonyl (C=O) groups is 1. The van der Waals surface area contributed by atoms with Crippen molar-refractivity contribution in [1.29, 1.82) is 0 Å². The zero-order valence-electron chi connectivity index (χ0n) is 15.2. The molecule has 0 aliphatic carbocycles. The second kappa shape index (κ2) is 7.64. The number of rotatable bonds is 3. The van der Waals surface area contributed by atoms with E-state index in [2.05, 4.69) is 49.3 Å². The standard InChI is InChI=1S/C21H21BrN4O/c1-14-2-6-19(23-13-14)25-21(27)16-8-10-26(11-9-16)20-7-4-15-3-5-17(22)12-18(15)24-20/h2-7,12-13,16H,8-11H2,1H3,(H,23,25,27). The Labute approximate surface area is 166 Å². The number of anilines is 2. The monoisotopic (exact) mass is 424 g/mol. The molecule has 0 bridgehead atoms. The summed E-state index contributed by atoms with van der Waals surface area (Å²) >= 11 is 3.50. The van der Waals surface area contributed by atoms with Crippen molar-refractivity contribution in [2.75, 3.05) is 23.3 Å². The predicted molar refractivity (Wildman–Crippen MR) is 112 cm³/mol. The number of nitrogens with zero attached hydrogens (tertiary/aromatic N) is 3. The van der Waals surface area contributed by atoms with Gasteiger partial charge in [0.1, 0.15) is 11.6 Å². The number of fused-ring (bicyclic) bond motifs is 1. The maximum Gasteiger partial charge on any atom is 0.228 e. The lowest BCUT2D eigenvalue weighted by Gasteiger charge is -2.32. The Morgan fingerprint density at radius 2 is 1.93 bits per heavy atom. The van der Waals surface area contributed by atoms with Gasteiger partial charge in [0.2, 0.25) is 5.91 Å². The minimum atomic E-state index is 0.0129. The number of aryl methyl sites for hydroxylation is 1. The molecule has 1 amide bonds. The molecule has 5 nitrogen and oxygen atoms in total. The molecule has 0 radical (unpaired) electrons. The second-order valence-electron chi connectivity index (χ2n) is 6.98. The van der Waals surface area contributed by atoms with Crippen molar-refractivity contribution in [2.45, 2.75) is 19.8 Å². The van der Waals surface area contributed by atoms with Crippen LogP contribution in [0.2, 0.25) is 0 Å². The SMILES string of the molecule is Cc1ccc(NC(=O)C2CCN(c3ccc4ccc(Br)cc4n3)CC2)nc1. The molecule has 1 saturated heterocycles. The Bertz CT molecular complexity index is 966. The number of amides is 1. The topological polar surface area (TPSA) is 58.1 Å². The molecule has 3 heterocycles. The lowest BCUT2D eigenvalue weighted by molar-refractivity contribution is -0.120. The zero-order valence-corrected chi connectivity index (χ0v) is 16.7. The van der Waals surface area contributed by atoms with Crippen LogP contribution in [0.15, 0.2) is 53.1 Å². The molecule has 0 spiro atoms. The third kappa shape index (κ3) is 4.11. The minimum Gasteiger partial charge on any atom is -0.357 e. The second-order valence-corrected chi connectivity index (χ2v) is 7.89. The van der Waals surface area contributed by atoms with Gasteiger partial charge in [-0.05, 0) is 55.7 Å². The highest BCUT2D eigenvalue weighted by molar-refractivity contribution is 9.10. The lowest BCUT2D eigenvalue weighted by atomic mass is 9.96. The van der Waals surface area contributed by atoms with Crippen LogP contribution in [-0.4, -0.2) is 29.0 Å². The third-order valence-corrected chi connectivity index (χ3v) is 5.49. The summed E-state index contributed by atoms with van der Waals surface area (Å²) in [6.45, 7) is 3.63. The van der Waals surface area contributed by atoms with Crippen molar-refractivity contribution < 1.29 is 4.79 Å². The van der Waals surface area contributed by atoms with E-state index in [1.807, 2.05) is 31.2 Å². The number of aromatic nitrogens is 2. The number of nitrogens with one attached hydrogen (secondary N) is 1. The Hall–Kier alpha value is -2.47. The van der Waals surface area contributed by atoms with E-state index in [0.717, 1.165) is 52.7 Å². The molecule has 1 fully saturated rings. The van der Waals surface area contributed by atoms with Crippen LogP contribution in [0.25, 0.3) is 10.9 Å². The quantitative estimate of drug-likeness (QED) is 0.669. The number of halogens is 1. The summed E-state index contributed by atoms with van der Waals surface area (Å²) in [6, 6.07) is 14.1. The minimum absolute atomic E-state index is 0.0129. The maximum atomic E-state index is 12.5. The molecule has 1 N–H and O–H groups in total. The summed E-state index contributed by atoms with van der Waals surface area (Å²) in [6.07, 6.45) is 3.40. The Kier molecular flexibility index (Phi) is 5.07. The summed E-state index contributed by atoms with van der Waals surface area (Å²) in [7, 11) is 0. The Morgan fingerprint density at radius 1 is 1.15 bits per heavy atom. The molecular formula is C21H21BrN4O. The molecule has 1 aliphatic heterocycles. The number of pyridine rings is 2. The average Bonchev–Trinajstić information content (AvgIpc) is 2.69. The van der Waals surface area contributed by atoms with Gasteiger partial charge in [-0.15, -0.1) is 0 Å². The van der Waals surface area contributed by atoms with E-state index >= 15 is 0 Å². The summed E-state index contributed by atoms with van der Waals surface area (Å²) in [4.78, 5) is 23.8. The van der Waals surface area contributed by atoms with Gasteiger partial charge in [-0.2, -0.15) is 0 Å². The van der Waals surface area contributed by atoms with E-state index in [1.54, 1.807) is 6.20 Å². The first-order valence-electron chi connectivity index (χ1n) is 9.13. The highest BCUT2D eigenvalue weighted by atomic mass is 79.9. The highest BCUT2D eigenvalue weighted by Gasteiger charge is 2.26. The van der Waals surface area contributed by atoms with Crippen molar-refractivity contribution in [3.8, 4) is 0 Å². The van der Waals surface area contributed by atoms with E-state index in [-0.39, 0.29) is 11.8 Å². The fraction of sp³-hybridized carbons (Fsp3) is 0.286. The summed E-state index contributed by atoms with van der Waals surface area (Å²) in [5.74, 6) is 1.66. The lowest BCUT2D eigenvalue weighted by Crippen LogP contribution is -2.38. The van der Waals surface area contributed by atoms with Crippen LogP contribution in [0.5, 0.6) is 0 Å². The first kappa shape index (κ1) is 17.9. The van der Waals surface area contributed by atoms with Crippen molar-refractivity contribution >= 4 is 44.4 Å². The Balaban J connectivity index is 1.39. The van der Waals surface area contributed by atoms with Gasteiger partial charge in [0.25, 0.3) is 0 Å². The van der Waals surface area contributed by atoms with Crippen LogP contribution in [0.4, 0.5) is 11.6 Å². The van der Waals surface area contributed by atoms with E-state index in [0.29, 0.717) is 5.82 Å². The molecule has 0 atom stereocenters. The fourth-order valence-electron chi connectivity index (χ4n) is 3.40. The van der Waals surface area contributed by atoms with Gasteiger partial charge in [0, 0.05) is 35.1 Å². The third-order valence-electron chi connectivity index (χ3n) is 4.99. The van der Waals surface area contributed by atoms with Crippen molar-refractivity contribution in [2.24, 2.45) is 5.92 Å². The van der Waals surface area contributed by atoms with Crippen LogP contribution in [0, 0.1) is 12.8 Å². The number of piperidine rings is 1. The van der Waals surface area contributed by atoms with Crippen molar-refractivity contribution in [3.05, 3.63) is 58.7 Å². The molecule has 27 heavy (non-hydrogen) atoms. The maximum absolute atomic E-state index is 12.5. The molecule has 1 aliphatic rings. The van der Waals surface area contributed by atoms with E-state index < -0.39 is 0 Å². The molecular weight excluding hydrogens is 404 g/mol. The van der Waals surface area contributed by atoms with E-state index in [9.17, 15) is 4.79 Å². The van der Waals surface area contributed by atoms with E-state index in [1.165, 1.54) is 0 Å². The van der Waals surface area contributed by atoms with Gasteiger partial charge >= 0.3 is 0 Å². The molecule has 4 rings (SSSR count). The summed E-state index contributed by atoms with van der Waals surface area (Å²) < 4.78 is 1.03. The predicted octanol–water partition coefficient (Wildman–Crippen LogP) is 4.56. The van der Waals surface area contributed by atoms with Gasteiger partial charge in [-0.1, -0.05) is 28.1 Å². The molecule has 0 unspecified atom stereocenters. The van der Waals surface area contributed by atoms with Gasteiger partial charge < -0.3 is 10.2 Å². The number of hydrogen-bond acceptors (Lipinski definition) is 4. The molecule has 138 valence electrons. The summed E-state index contributed by atoms with van der Waals surface area (Å²) in [5.41, 5.74) is 2.06. The van der Waals surface area contributed by atoms with Crippen molar-refractivity contribution in [1.82, 2.24) is 9.97 Å². The van der Waals surface area contributed by atoms with Crippen LogP contribution in [-0.2, 0) is 4.79 Å². The largest absolute Gasteiger partial charge is 0.357 e. The molecule has 6 heteroatoms. The van der Waals surface area contributed by atoms with Gasteiger partial charge in [-0.25, -0.2) is 9.97 Å². The van der Waals surface area contributed by atoms with Crippen LogP contribution in [0.1, 0.15) is 18.4 Å². The van der Waals surface area contributed by atoms with Crippen LogP contribution in [0.3, 0.4) is 0 Å². The Morgan fingerprint density at radius 3 is 2.67 bits per heavy atom. The molecule has 2 aromatic heterocycles. The number of carbonyl (C=O) groups excluding carboxylic acids is 1. The smallest absolute Gasteiger partial charge is 0.228 e. The normalized spacial score (nSPS) is 15.1. The zero-order chi connectivity index (χ0) is 18.8. The van der Waals surface area contributed by atoms with Gasteiger partial charge in [-0.3, -0.25) is 4.79 Å². The average molecular weight is 425 g/mol. The highest BCUT2D eigenvalue weighted by Crippen LogP contribution is 2.26. The van der Waals surface area contributed by atoms with E-state index in [4.69, 9.17) is 4.98 Å². The van der Waals surface area contributed by atoms with Gasteiger partial charge in [0.15, 0.2) is 0 Å². The molecule has 3 aromatic rings. The first-order chi connectivity index (χ1) is 13.1. The fourth-order valence-corrected chi connectivity index (χ4v) is 3.75. The van der Waals surface area contributed by atoms with Crippen LogP contribution >= 0.6 is 15.9 Å². The van der Waals surface area contributed by atoms with Crippen molar-refractivity contribution in [3.63, 3.8) is 0 Å². The van der Waals surface area contributed by atoms with Crippen LogP contribution < -0.4 is 10.2 Å². The number of benzene rings is 1. The van der Waals surface area contributed by atoms with Gasteiger partial charge in [0.05, 0.1) is 5.52 Å². The molecule has 0 saturated carbocycles. The summed E-state index contributed by atoms with van der Waals surface area (Å²) in [5, 5.41) is 4.06.